The van der Waals surface area contributed by atoms with E-state index in [1.807, 2.05) is 30.0 Å². The zero-order valence-electron chi connectivity index (χ0n) is 12.4. The number of nitrogens with zero attached hydrogens (tertiary/aromatic N) is 1. The molecule has 0 aromatic heterocycles. The third-order valence-electron chi connectivity index (χ3n) is 3.63. The Morgan fingerprint density at radius 1 is 1.45 bits per heavy atom. The maximum absolute atomic E-state index is 12.6. The van der Waals surface area contributed by atoms with E-state index in [4.69, 9.17) is 5.11 Å². The number of anilines is 1. The highest BCUT2D eigenvalue weighted by molar-refractivity contribution is 5.96. The van der Waals surface area contributed by atoms with Gasteiger partial charge in [-0.1, -0.05) is 6.92 Å². The first-order valence-corrected chi connectivity index (χ1v) is 7.43. The van der Waals surface area contributed by atoms with Crippen LogP contribution in [-0.4, -0.2) is 41.7 Å². The minimum Gasteiger partial charge on any atom is -0.395 e. The van der Waals surface area contributed by atoms with Crippen molar-refractivity contribution in [2.24, 2.45) is 0 Å². The Balaban J connectivity index is 2.12. The van der Waals surface area contributed by atoms with Gasteiger partial charge >= 0.3 is 0 Å². The fourth-order valence-corrected chi connectivity index (χ4v) is 2.38. The van der Waals surface area contributed by atoms with Crippen molar-refractivity contribution in [1.29, 1.82) is 0 Å². The predicted octanol–water partition coefficient (Wildman–Crippen LogP) is 2.41. The minimum absolute atomic E-state index is 0.0252. The van der Waals surface area contributed by atoms with Gasteiger partial charge in [-0.15, -0.1) is 0 Å². The van der Waals surface area contributed by atoms with E-state index in [0.29, 0.717) is 12.6 Å². The first kappa shape index (κ1) is 14.9. The molecule has 2 N–H and O–H groups in total. The lowest BCUT2D eigenvalue weighted by Gasteiger charge is -2.22. The zero-order chi connectivity index (χ0) is 14.5. The summed E-state index contributed by atoms with van der Waals surface area (Å²) in [7, 11) is 0. The van der Waals surface area contributed by atoms with E-state index in [9.17, 15) is 4.79 Å². The predicted molar refractivity (Wildman–Crippen MR) is 81.1 cm³/mol. The summed E-state index contributed by atoms with van der Waals surface area (Å²) in [5.74, 6) is 0.0427. The van der Waals surface area contributed by atoms with Gasteiger partial charge in [0.05, 0.1) is 6.61 Å². The molecule has 1 saturated carbocycles. The molecule has 0 unspecified atom stereocenters. The molecule has 4 nitrogen and oxygen atoms in total. The number of hydrogen-bond acceptors (Lipinski definition) is 3. The molecular weight excluding hydrogens is 252 g/mol. The lowest BCUT2D eigenvalue weighted by atomic mass is 10.1. The third-order valence-corrected chi connectivity index (χ3v) is 3.63. The van der Waals surface area contributed by atoms with Crippen LogP contribution in [0.1, 0.15) is 42.1 Å². The molecule has 0 aliphatic heterocycles. The van der Waals surface area contributed by atoms with Crippen molar-refractivity contribution in [2.75, 3.05) is 25.0 Å². The van der Waals surface area contributed by atoms with Crippen LogP contribution >= 0.6 is 0 Å². The van der Waals surface area contributed by atoms with Crippen LogP contribution < -0.4 is 5.32 Å². The summed E-state index contributed by atoms with van der Waals surface area (Å²) in [6, 6.07) is 6.20. The van der Waals surface area contributed by atoms with E-state index in [0.717, 1.165) is 42.6 Å². The number of hydrogen-bond donors (Lipinski definition) is 2. The standard InChI is InChI=1S/C16H24N2O2/c1-3-8-17-13-4-7-15(12(2)11-13)16(20)18(9-10-19)14-5-6-14/h4,7,11,14,17,19H,3,5-6,8-10H2,1-2H3. The van der Waals surface area contributed by atoms with Gasteiger partial charge in [-0.2, -0.15) is 0 Å². The summed E-state index contributed by atoms with van der Waals surface area (Å²) in [6.45, 7) is 5.48. The van der Waals surface area contributed by atoms with Crippen LogP contribution in [0.5, 0.6) is 0 Å². The monoisotopic (exact) mass is 276 g/mol. The minimum atomic E-state index is 0.0252. The Morgan fingerprint density at radius 2 is 2.20 bits per heavy atom. The van der Waals surface area contributed by atoms with Crippen molar-refractivity contribution in [2.45, 2.75) is 39.2 Å². The smallest absolute Gasteiger partial charge is 0.254 e. The molecule has 110 valence electrons. The van der Waals surface area contributed by atoms with E-state index in [2.05, 4.69) is 12.2 Å². The maximum atomic E-state index is 12.6. The average Bonchev–Trinajstić information content (AvgIpc) is 3.26. The van der Waals surface area contributed by atoms with Gasteiger partial charge in [0.2, 0.25) is 0 Å². The average molecular weight is 276 g/mol. The van der Waals surface area contributed by atoms with Crippen LogP contribution in [0.25, 0.3) is 0 Å². The second-order valence-corrected chi connectivity index (χ2v) is 5.41. The van der Waals surface area contributed by atoms with Gasteiger partial charge < -0.3 is 15.3 Å². The van der Waals surface area contributed by atoms with Crippen molar-refractivity contribution in [3.63, 3.8) is 0 Å². The van der Waals surface area contributed by atoms with Crippen LogP contribution in [0.3, 0.4) is 0 Å². The summed E-state index contributed by atoms with van der Waals surface area (Å²) in [4.78, 5) is 14.4. The normalized spacial score (nSPS) is 14.2. The number of aliphatic hydroxyl groups excluding tert-OH is 1. The first-order valence-electron chi connectivity index (χ1n) is 7.43. The van der Waals surface area contributed by atoms with Crippen LogP contribution in [0.2, 0.25) is 0 Å². The van der Waals surface area contributed by atoms with E-state index >= 15 is 0 Å². The van der Waals surface area contributed by atoms with Gasteiger partial charge in [-0.3, -0.25) is 4.79 Å². The molecule has 0 bridgehead atoms. The fourth-order valence-electron chi connectivity index (χ4n) is 2.38. The Hall–Kier alpha value is -1.55. The number of nitrogens with one attached hydrogen (secondary N) is 1. The molecule has 1 fully saturated rings. The molecule has 1 aliphatic carbocycles. The molecule has 0 saturated heterocycles. The lowest BCUT2D eigenvalue weighted by molar-refractivity contribution is 0.0707. The van der Waals surface area contributed by atoms with Gasteiger partial charge in [-0.25, -0.2) is 0 Å². The molecule has 4 heteroatoms. The number of aryl methyl sites for hydroxylation is 1. The quantitative estimate of drug-likeness (QED) is 0.804. The molecule has 0 spiro atoms. The van der Waals surface area contributed by atoms with Crippen LogP contribution in [0.15, 0.2) is 18.2 Å². The molecule has 20 heavy (non-hydrogen) atoms. The van der Waals surface area contributed by atoms with Crippen molar-refractivity contribution in [3.8, 4) is 0 Å². The number of rotatable bonds is 7. The summed E-state index contributed by atoms with van der Waals surface area (Å²) in [5, 5.41) is 12.4. The number of benzene rings is 1. The number of carbonyl (C=O) groups is 1. The summed E-state index contributed by atoms with van der Waals surface area (Å²) >= 11 is 0. The van der Waals surface area contributed by atoms with E-state index in [-0.39, 0.29) is 12.5 Å². The highest BCUT2D eigenvalue weighted by atomic mass is 16.3. The number of carbonyl (C=O) groups excluding carboxylic acids is 1. The fraction of sp³-hybridized carbons (Fsp3) is 0.562. The zero-order valence-corrected chi connectivity index (χ0v) is 12.4. The Labute approximate surface area is 120 Å². The molecule has 0 atom stereocenters. The summed E-state index contributed by atoms with van der Waals surface area (Å²) in [6.07, 6.45) is 3.19. The molecule has 2 rings (SSSR count). The summed E-state index contributed by atoms with van der Waals surface area (Å²) < 4.78 is 0. The van der Waals surface area contributed by atoms with Gasteiger partial charge in [0, 0.05) is 30.4 Å². The van der Waals surface area contributed by atoms with Gasteiger partial charge in [-0.05, 0) is 49.9 Å². The topological polar surface area (TPSA) is 52.6 Å². The summed E-state index contributed by atoms with van der Waals surface area (Å²) in [5.41, 5.74) is 2.79. The molecule has 0 radical (unpaired) electrons. The second-order valence-electron chi connectivity index (χ2n) is 5.41. The number of aliphatic hydroxyl groups is 1. The molecule has 1 aromatic rings. The van der Waals surface area contributed by atoms with Crippen LogP contribution in [-0.2, 0) is 0 Å². The highest BCUT2D eigenvalue weighted by Gasteiger charge is 2.33. The Morgan fingerprint density at radius 3 is 2.75 bits per heavy atom. The van der Waals surface area contributed by atoms with E-state index in [1.165, 1.54) is 0 Å². The van der Waals surface area contributed by atoms with Gasteiger partial charge in [0.15, 0.2) is 0 Å². The maximum Gasteiger partial charge on any atom is 0.254 e. The second kappa shape index (κ2) is 6.75. The highest BCUT2D eigenvalue weighted by Crippen LogP contribution is 2.29. The van der Waals surface area contributed by atoms with Crippen LogP contribution in [0.4, 0.5) is 5.69 Å². The van der Waals surface area contributed by atoms with Crippen molar-refractivity contribution in [3.05, 3.63) is 29.3 Å². The lowest BCUT2D eigenvalue weighted by Crippen LogP contribution is -2.35. The van der Waals surface area contributed by atoms with Gasteiger partial charge in [0.1, 0.15) is 0 Å². The molecule has 1 aliphatic rings. The van der Waals surface area contributed by atoms with Gasteiger partial charge in [0.25, 0.3) is 5.91 Å². The molecule has 1 amide bonds. The molecule has 0 heterocycles. The van der Waals surface area contributed by atoms with E-state index < -0.39 is 0 Å². The largest absolute Gasteiger partial charge is 0.395 e. The SMILES string of the molecule is CCCNc1ccc(C(=O)N(CCO)C2CC2)c(C)c1. The van der Waals surface area contributed by atoms with Crippen molar-refractivity contribution < 1.29 is 9.90 Å². The van der Waals surface area contributed by atoms with E-state index in [1.54, 1.807) is 0 Å². The third kappa shape index (κ3) is 3.51. The molecular formula is C16H24N2O2. The molecule has 1 aromatic carbocycles. The Bertz CT molecular complexity index is 470. The Kier molecular flexibility index (Phi) is 5.01. The number of amides is 1. The van der Waals surface area contributed by atoms with Crippen LogP contribution in [0, 0.1) is 6.92 Å². The van der Waals surface area contributed by atoms with Crippen molar-refractivity contribution >= 4 is 11.6 Å². The first-order chi connectivity index (χ1) is 9.67. The van der Waals surface area contributed by atoms with Crippen molar-refractivity contribution in [1.82, 2.24) is 4.90 Å².